The monoisotopic (exact) mass is 266 g/mol. The van der Waals surface area contributed by atoms with Gasteiger partial charge in [0.2, 0.25) is 0 Å². The number of hydrogen-bond donors (Lipinski definition) is 1. The molecule has 2 aromatic heterocycles. The molecular weight excluding hydrogens is 248 g/mol. The molecule has 0 fully saturated rings. The summed E-state index contributed by atoms with van der Waals surface area (Å²) in [6, 6.07) is 12.5. The van der Waals surface area contributed by atoms with E-state index in [1.165, 1.54) is 5.56 Å². The van der Waals surface area contributed by atoms with E-state index in [-0.39, 0.29) is 0 Å². The number of aromatic amines is 1. The number of anilines is 1. The predicted octanol–water partition coefficient (Wildman–Crippen LogP) is 3.21. The fourth-order valence-corrected chi connectivity index (χ4v) is 2.46. The molecule has 0 saturated carbocycles. The molecule has 0 atom stereocenters. The SMILES string of the molecule is Cc1nc(N(C)Cc2ccccc2)c2cc(C)[nH]c2n1. The van der Waals surface area contributed by atoms with E-state index >= 15 is 0 Å². The molecule has 4 heteroatoms. The van der Waals surface area contributed by atoms with E-state index in [4.69, 9.17) is 0 Å². The van der Waals surface area contributed by atoms with Gasteiger partial charge in [-0.25, -0.2) is 9.97 Å². The summed E-state index contributed by atoms with van der Waals surface area (Å²) < 4.78 is 0. The summed E-state index contributed by atoms with van der Waals surface area (Å²) in [5.41, 5.74) is 3.28. The highest BCUT2D eigenvalue weighted by Gasteiger charge is 2.12. The van der Waals surface area contributed by atoms with Gasteiger partial charge in [0, 0.05) is 19.3 Å². The van der Waals surface area contributed by atoms with E-state index in [2.05, 4.69) is 57.2 Å². The van der Waals surface area contributed by atoms with E-state index < -0.39 is 0 Å². The summed E-state index contributed by atoms with van der Waals surface area (Å²) in [5.74, 6) is 1.76. The Morgan fingerprint density at radius 3 is 2.60 bits per heavy atom. The van der Waals surface area contributed by atoms with Crippen molar-refractivity contribution in [2.24, 2.45) is 0 Å². The van der Waals surface area contributed by atoms with Gasteiger partial charge in [0.15, 0.2) is 0 Å². The van der Waals surface area contributed by atoms with E-state index in [1.807, 2.05) is 19.9 Å². The number of hydrogen-bond acceptors (Lipinski definition) is 3. The summed E-state index contributed by atoms with van der Waals surface area (Å²) >= 11 is 0. The number of rotatable bonds is 3. The number of benzene rings is 1. The highest BCUT2D eigenvalue weighted by atomic mass is 15.2. The van der Waals surface area contributed by atoms with Gasteiger partial charge >= 0.3 is 0 Å². The molecule has 0 bridgehead atoms. The van der Waals surface area contributed by atoms with Crippen LogP contribution in [0.3, 0.4) is 0 Å². The van der Waals surface area contributed by atoms with Crippen molar-refractivity contribution in [2.75, 3.05) is 11.9 Å². The maximum atomic E-state index is 4.61. The Bertz CT molecular complexity index is 731. The van der Waals surface area contributed by atoms with Gasteiger partial charge in [-0.05, 0) is 25.5 Å². The first kappa shape index (κ1) is 12.7. The van der Waals surface area contributed by atoms with Crippen molar-refractivity contribution < 1.29 is 0 Å². The second-order valence-electron chi connectivity index (χ2n) is 5.15. The molecule has 0 aliphatic rings. The van der Waals surface area contributed by atoms with Crippen LogP contribution in [-0.2, 0) is 6.54 Å². The standard InChI is InChI=1S/C16H18N4/c1-11-9-14-15(17-11)18-12(2)19-16(14)20(3)10-13-7-5-4-6-8-13/h4-9H,10H2,1-3H3,(H,17,18,19). The van der Waals surface area contributed by atoms with Crippen LogP contribution < -0.4 is 4.90 Å². The van der Waals surface area contributed by atoms with Gasteiger partial charge in [-0.3, -0.25) is 0 Å². The molecular formula is C16H18N4. The first-order chi connectivity index (χ1) is 9.63. The molecule has 1 N–H and O–H groups in total. The molecule has 0 spiro atoms. The summed E-state index contributed by atoms with van der Waals surface area (Å²) in [6.45, 7) is 4.80. The minimum absolute atomic E-state index is 0.786. The molecule has 20 heavy (non-hydrogen) atoms. The van der Waals surface area contributed by atoms with Crippen molar-refractivity contribution in [3.05, 3.63) is 53.5 Å². The quantitative estimate of drug-likeness (QED) is 0.791. The average Bonchev–Trinajstić information content (AvgIpc) is 2.78. The first-order valence-corrected chi connectivity index (χ1v) is 6.72. The maximum Gasteiger partial charge on any atom is 0.143 e. The third-order valence-corrected chi connectivity index (χ3v) is 3.34. The molecule has 3 rings (SSSR count). The van der Waals surface area contributed by atoms with Gasteiger partial charge in [0.25, 0.3) is 0 Å². The maximum absolute atomic E-state index is 4.61. The molecule has 0 radical (unpaired) electrons. The number of nitrogens with zero attached hydrogens (tertiary/aromatic N) is 3. The van der Waals surface area contributed by atoms with E-state index in [1.54, 1.807) is 0 Å². The molecule has 0 amide bonds. The Labute approximate surface area is 118 Å². The molecule has 4 nitrogen and oxygen atoms in total. The number of fused-ring (bicyclic) bond motifs is 1. The topological polar surface area (TPSA) is 44.8 Å². The van der Waals surface area contributed by atoms with Crippen molar-refractivity contribution in [3.8, 4) is 0 Å². The van der Waals surface area contributed by atoms with E-state index in [0.29, 0.717) is 0 Å². The van der Waals surface area contributed by atoms with Crippen LogP contribution in [0.5, 0.6) is 0 Å². The largest absolute Gasteiger partial charge is 0.355 e. The minimum atomic E-state index is 0.786. The zero-order valence-electron chi connectivity index (χ0n) is 12.0. The highest BCUT2D eigenvalue weighted by molar-refractivity contribution is 5.88. The molecule has 1 aromatic carbocycles. The van der Waals surface area contributed by atoms with Gasteiger partial charge in [-0.15, -0.1) is 0 Å². The molecule has 3 aromatic rings. The summed E-state index contributed by atoms with van der Waals surface area (Å²) in [7, 11) is 2.07. The average molecular weight is 266 g/mol. The van der Waals surface area contributed by atoms with Crippen LogP contribution in [0, 0.1) is 13.8 Å². The fraction of sp³-hybridized carbons (Fsp3) is 0.250. The zero-order valence-corrected chi connectivity index (χ0v) is 12.0. The van der Waals surface area contributed by atoms with Crippen LogP contribution >= 0.6 is 0 Å². The van der Waals surface area contributed by atoms with Gasteiger partial charge < -0.3 is 9.88 Å². The molecule has 2 heterocycles. The Morgan fingerprint density at radius 2 is 1.85 bits per heavy atom. The number of H-pyrrole nitrogens is 1. The van der Waals surface area contributed by atoms with Crippen LogP contribution in [-0.4, -0.2) is 22.0 Å². The summed E-state index contributed by atoms with van der Waals surface area (Å²) in [6.07, 6.45) is 0. The van der Waals surface area contributed by atoms with Crippen LogP contribution in [0.1, 0.15) is 17.1 Å². The first-order valence-electron chi connectivity index (χ1n) is 6.72. The second kappa shape index (κ2) is 4.96. The molecule has 0 aliphatic heterocycles. The lowest BCUT2D eigenvalue weighted by Gasteiger charge is -2.19. The van der Waals surface area contributed by atoms with E-state index in [0.717, 1.165) is 34.9 Å². The fourth-order valence-electron chi connectivity index (χ4n) is 2.46. The number of aryl methyl sites for hydroxylation is 2. The number of nitrogens with one attached hydrogen (secondary N) is 1. The Balaban J connectivity index is 2.00. The van der Waals surface area contributed by atoms with Crippen molar-refractivity contribution in [3.63, 3.8) is 0 Å². The van der Waals surface area contributed by atoms with Gasteiger partial charge in [0.1, 0.15) is 17.3 Å². The van der Waals surface area contributed by atoms with Crippen molar-refractivity contribution in [1.29, 1.82) is 0 Å². The Morgan fingerprint density at radius 1 is 1.10 bits per heavy atom. The van der Waals surface area contributed by atoms with Gasteiger partial charge in [-0.2, -0.15) is 0 Å². The lowest BCUT2D eigenvalue weighted by Crippen LogP contribution is -2.18. The Kier molecular flexibility index (Phi) is 3.14. The molecule has 0 aliphatic carbocycles. The molecule has 0 saturated heterocycles. The number of aromatic nitrogens is 3. The lowest BCUT2D eigenvalue weighted by atomic mass is 10.2. The van der Waals surface area contributed by atoms with Crippen molar-refractivity contribution >= 4 is 16.9 Å². The predicted molar refractivity (Wildman–Crippen MR) is 81.9 cm³/mol. The minimum Gasteiger partial charge on any atom is -0.355 e. The highest BCUT2D eigenvalue weighted by Crippen LogP contribution is 2.24. The van der Waals surface area contributed by atoms with Crippen LogP contribution in [0.25, 0.3) is 11.0 Å². The van der Waals surface area contributed by atoms with E-state index in [9.17, 15) is 0 Å². The zero-order chi connectivity index (χ0) is 14.1. The van der Waals surface area contributed by atoms with Crippen LogP contribution in [0.2, 0.25) is 0 Å². The van der Waals surface area contributed by atoms with Crippen molar-refractivity contribution in [1.82, 2.24) is 15.0 Å². The van der Waals surface area contributed by atoms with Gasteiger partial charge in [-0.1, -0.05) is 30.3 Å². The molecule has 102 valence electrons. The smallest absolute Gasteiger partial charge is 0.143 e. The van der Waals surface area contributed by atoms with Crippen LogP contribution in [0.15, 0.2) is 36.4 Å². The van der Waals surface area contributed by atoms with Crippen LogP contribution in [0.4, 0.5) is 5.82 Å². The third kappa shape index (κ3) is 2.37. The summed E-state index contributed by atoms with van der Waals surface area (Å²) in [4.78, 5) is 14.5. The second-order valence-corrected chi connectivity index (χ2v) is 5.15. The van der Waals surface area contributed by atoms with Gasteiger partial charge in [0.05, 0.1) is 5.39 Å². The normalized spacial score (nSPS) is 10.9. The summed E-state index contributed by atoms with van der Waals surface area (Å²) in [5, 5.41) is 1.08. The Hall–Kier alpha value is -2.36. The molecule has 0 unspecified atom stereocenters. The third-order valence-electron chi connectivity index (χ3n) is 3.34. The lowest BCUT2D eigenvalue weighted by molar-refractivity contribution is 0.890. The van der Waals surface area contributed by atoms with Crippen molar-refractivity contribution in [2.45, 2.75) is 20.4 Å².